The SMILES string of the molecule is CCCC1CCCN(C(CN)c2ccc(OC)nc2)CC1. The molecule has 1 saturated heterocycles. The summed E-state index contributed by atoms with van der Waals surface area (Å²) >= 11 is 0. The summed E-state index contributed by atoms with van der Waals surface area (Å²) in [7, 11) is 1.64. The van der Waals surface area contributed by atoms with Crippen molar-refractivity contribution in [3.8, 4) is 5.88 Å². The Hall–Kier alpha value is -1.13. The maximum Gasteiger partial charge on any atom is 0.212 e. The normalized spacial score (nSPS) is 21.8. The van der Waals surface area contributed by atoms with Crippen LogP contribution in [0.1, 0.15) is 50.6 Å². The zero-order valence-corrected chi connectivity index (χ0v) is 13.4. The highest BCUT2D eigenvalue weighted by atomic mass is 16.5. The highest BCUT2D eigenvalue weighted by Gasteiger charge is 2.23. The van der Waals surface area contributed by atoms with Gasteiger partial charge in [-0.15, -0.1) is 0 Å². The number of nitrogens with two attached hydrogens (primary N) is 1. The molecule has 21 heavy (non-hydrogen) atoms. The van der Waals surface area contributed by atoms with Crippen LogP contribution in [-0.2, 0) is 0 Å². The minimum absolute atomic E-state index is 0.281. The van der Waals surface area contributed by atoms with E-state index in [9.17, 15) is 0 Å². The first-order valence-electron chi connectivity index (χ1n) is 8.22. The van der Waals surface area contributed by atoms with Gasteiger partial charge in [0.15, 0.2) is 0 Å². The van der Waals surface area contributed by atoms with Crippen molar-refractivity contribution >= 4 is 0 Å². The highest BCUT2D eigenvalue weighted by molar-refractivity contribution is 5.21. The first-order chi connectivity index (χ1) is 10.3. The van der Waals surface area contributed by atoms with E-state index in [0.29, 0.717) is 12.4 Å². The maximum absolute atomic E-state index is 6.05. The second-order valence-electron chi connectivity index (χ2n) is 6.01. The van der Waals surface area contributed by atoms with Crippen molar-refractivity contribution in [2.24, 2.45) is 11.7 Å². The topological polar surface area (TPSA) is 51.4 Å². The summed E-state index contributed by atoms with van der Waals surface area (Å²) < 4.78 is 5.13. The van der Waals surface area contributed by atoms with Gasteiger partial charge >= 0.3 is 0 Å². The predicted octanol–water partition coefficient (Wildman–Crippen LogP) is 2.99. The second kappa shape index (κ2) is 8.35. The standard InChI is InChI=1S/C17H29N3O/c1-3-5-14-6-4-10-20(11-9-14)16(12-18)15-7-8-17(21-2)19-13-15/h7-8,13-14,16H,3-6,9-12,18H2,1-2H3. The van der Waals surface area contributed by atoms with Gasteiger partial charge in [0.25, 0.3) is 0 Å². The Morgan fingerprint density at radius 3 is 2.86 bits per heavy atom. The Balaban J connectivity index is 2.02. The van der Waals surface area contributed by atoms with E-state index in [1.165, 1.54) is 37.7 Å². The molecular formula is C17H29N3O. The molecule has 0 bridgehead atoms. The van der Waals surface area contributed by atoms with E-state index in [0.717, 1.165) is 19.0 Å². The summed E-state index contributed by atoms with van der Waals surface area (Å²) in [5, 5.41) is 0. The van der Waals surface area contributed by atoms with Crippen LogP contribution in [0.2, 0.25) is 0 Å². The van der Waals surface area contributed by atoms with Crippen molar-refractivity contribution in [1.82, 2.24) is 9.88 Å². The molecule has 2 atom stereocenters. The molecule has 2 rings (SSSR count). The fourth-order valence-electron chi connectivity index (χ4n) is 3.40. The van der Waals surface area contributed by atoms with E-state index < -0.39 is 0 Å². The van der Waals surface area contributed by atoms with Crippen molar-refractivity contribution in [2.45, 2.75) is 45.1 Å². The van der Waals surface area contributed by atoms with E-state index >= 15 is 0 Å². The van der Waals surface area contributed by atoms with Crippen LogP contribution in [0.4, 0.5) is 0 Å². The average molecular weight is 291 g/mol. The number of rotatable bonds is 6. The number of hydrogen-bond donors (Lipinski definition) is 1. The zero-order valence-electron chi connectivity index (χ0n) is 13.4. The molecule has 2 N–H and O–H groups in total. The summed E-state index contributed by atoms with van der Waals surface area (Å²) in [5.74, 6) is 1.56. The third-order valence-corrected chi connectivity index (χ3v) is 4.60. The fraction of sp³-hybridized carbons (Fsp3) is 0.706. The lowest BCUT2D eigenvalue weighted by molar-refractivity contribution is 0.206. The maximum atomic E-state index is 6.05. The van der Waals surface area contributed by atoms with Crippen LogP contribution in [0.25, 0.3) is 0 Å². The minimum Gasteiger partial charge on any atom is -0.481 e. The van der Waals surface area contributed by atoms with Crippen molar-refractivity contribution < 1.29 is 4.74 Å². The highest BCUT2D eigenvalue weighted by Crippen LogP contribution is 2.27. The molecule has 4 heteroatoms. The van der Waals surface area contributed by atoms with Crippen LogP contribution in [0.3, 0.4) is 0 Å². The average Bonchev–Trinajstić information content (AvgIpc) is 2.75. The molecule has 0 saturated carbocycles. The number of likely N-dealkylation sites (tertiary alicyclic amines) is 1. The van der Waals surface area contributed by atoms with E-state index in [1.807, 2.05) is 12.3 Å². The van der Waals surface area contributed by atoms with Gasteiger partial charge in [0, 0.05) is 24.8 Å². The van der Waals surface area contributed by atoms with Gasteiger partial charge in [0.05, 0.1) is 7.11 Å². The second-order valence-corrected chi connectivity index (χ2v) is 6.01. The van der Waals surface area contributed by atoms with Gasteiger partial charge in [-0.2, -0.15) is 0 Å². The van der Waals surface area contributed by atoms with Crippen LogP contribution in [0.5, 0.6) is 5.88 Å². The number of aromatic nitrogens is 1. The van der Waals surface area contributed by atoms with Crippen LogP contribution in [0, 0.1) is 5.92 Å². The van der Waals surface area contributed by atoms with Crippen LogP contribution >= 0.6 is 0 Å². The van der Waals surface area contributed by atoms with Gasteiger partial charge in [0.1, 0.15) is 0 Å². The smallest absolute Gasteiger partial charge is 0.212 e. The molecule has 0 aromatic carbocycles. The van der Waals surface area contributed by atoms with E-state index in [2.05, 4.69) is 22.9 Å². The van der Waals surface area contributed by atoms with Crippen molar-refractivity contribution in [3.63, 3.8) is 0 Å². The number of ether oxygens (including phenoxy) is 1. The van der Waals surface area contributed by atoms with Crippen molar-refractivity contribution in [2.75, 3.05) is 26.7 Å². The van der Waals surface area contributed by atoms with Crippen molar-refractivity contribution in [3.05, 3.63) is 23.9 Å². The molecule has 1 aromatic heterocycles. The molecule has 0 radical (unpaired) electrons. The Morgan fingerprint density at radius 2 is 2.24 bits per heavy atom. The lowest BCUT2D eigenvalue weighted by Crippen LogP contribution is -2.34. The lowest BCUT2D eigenvalue weighted by atomic mass is 9.96. The van der Waals surface area contributed by atoms with Gasteiger partial charge in [-0.25, -0.2) is 4.98 Å². The lowest BCUT2D eigenvalue weighted by Gasteiger charge is -2.30. The molecule has 4 nitrogen and oxygen atoms in total. The minimum atomic E-state index is 0.281. The Bertz CT molecular complexity index is 407. The fourth-order valence-corrected chi connectivity index (χ4v) is 3.40. The van der Waals surface area contributed by atoms with Crippen LogP contribution in [0.15, 0.2) is 18.3 Å². The zero-order chi connectivity index (χ0) is 15.1. The Morgan fingerprint density at radius 1 is 1.38 bits per heavy atom. The molecule has 2 heterocycles. The first-order valence-corrected chi connectivity index (χ1v) is 8.22. The first kappa shape index (κ1) is 16.2. The monoisotopic (exact) mass is 291 g/mol. The van der Waals surface area contributed by atoms with Crippen molar-refractivity contribution in [1.29, 1.82) is 0 Å². The van der Waals surface area contributed by atoms with Gasteiger partial charge in [-0.1, -0.05) is 25.8 Å². The molecule has 2 unspecified atom stereocenters. The van der Waals surface area contributed by atoms with Gasteiger partial charge in [-0.05, 0) is 43.8 Å². The molecule has 1 aliphatic rings. The quantitative estimate of drug-likeness (QED) is 0.875. The molecule has 0 aliphatic carbocycles. The third-order valence-electron chi connectivity index (χ3n) is 4.60. The van der Waals surface area contributed by atoms with E-state index in [-0.39, 0.29) is 6.04 Å². The van der Waals surface area contributed by atoms with Gasteiger partial charge in [-0.3, -0.25) is 4.90 Å². The van der Waals surface area contributed by atoms with E-state index in [1.54, 1.807) is 7.11 Å². The molecule has 1 aliphatic heterocycles. The van der Waals surface area contributed by atoms with Gasteiger partial charge in [0.2, 0.25) is 5.88 Å². The van der Waals surface area contributed by atoms with Crippen LogP contribution in [-0.4, -0.2) is 36.6 Å². The summed E-state index contributed by atoms with van der Waals surface area (Å²) in [4.78, 5) is 6.87. The Labute approximate surface area is 128 Å². The molecule has 1 aromatic rings. The number of nitrogens with zero attached hydrogens (tertiary/aromatic N) is 2. The molecule has 1 fully saturated rings. The summed E-state index contributed by atoms with van der Waals surface area (Å²) in [6.45, 7) is 5.23. The summed E-state index contributed by atoms with van der Waals surface area (Å²) in [6, 6.07) is 4.30. The number of pyridine rings is 1. The molecule has 118 valence electrons. The molecule has 0 spiro atoms. The molecule has 0 amide bonds. The van der Waals surface area contributed by atoms with E-state index in [4.69, 9.17) is 10.5 Å². The molecular weight excluding hydrogens is 262 g/mol. The van der Waals surface area contributed by atoms with Gasteiger partial charge < -0.3 is 10.5 Å². The van der Waals surface area contributed by atoms with Crippen LogP contribution < -0.4 is 10.5 Å². The largest absolute Gasteiger partial charge is 0.481 e. The Kier molecular flexibility index (Phi) is 6.46. The third kappa shape index (κ3) is 4.42. The summed E-state index contributed by atoms with van der Waals surface area (Å²) in [6.07, 6.45) is 8.52. The summed E-state index contributed by atoms with van der Waals surface area (Å²) in [5.41, 5.74) is 7.25. The number of hydrogen-bond acceptors (Lipinski definition) is 4. The number of methoxy groups -OCH3 is 1. The predicted molar refractivity (Wildman–Crippen MR) is 86.4 cm³/mol.